The predicted molar refractivity (Wildman–Crippen MR) is 97.3 cm³/mol. The average molecular weight is 408 g/mol. The van der Waals surface area contributed by atoms with Gasteiger partial charge in [-0.15, -0.1) is 0 Å². The van der Waals surface area contributed by atoms with E-state index in [2.05, 4.69) is 4.98 Å². The van der Waals surface area contributed by atoms with Gasteiger partial charge in [-0.05, 0) is 25.0 Å². The van der Waals surface area contributed by atoms with Crippen LogP contribution >= 0.6 is 0 Å². The number of nitro groups is 3. The van der Waals surface area contributed by atoms with Crippen molar-refractivity contribution in [2.45, 2.75) is 19.8 Å². The van der Waals surface area contributed by atoms with E-state index in [0.29, 0.717) is 31.6 Å². The van der Waals surface area contributed by atoms with Gasteiger partial charge < -0.3 is 9.84 Å². The number of aryl methyl sites for hydroxylation is 1. The lowest BCUT2D eigenvalue weighted by Crippen LogP contribution is -2.05. The molecule has 29 heavy (non-hydrogen) atoms. The number of carbonyl (C=O) groups excluding carboxylic acids is 1. The summed E-state index contributed by atoms with van der Waals surface area (Å²) in [5, 5.41) is 40.2. The Morgan fingerprint density at radius 1 is 1.10 bits per heavy atom. The summed E-state index contributed by atoms with van der Waals surface area (Å²) in [6.07, 6.45) is 4.61. The molecule has 1 aromatic carbocycles. The molecule has 13 nitrogen and oxygen atoms in total. The van der Waals surface area contributed by atoms with E-state index in [1.807, 2.05) is 19.1 Å². The fourth-order valence-corrected chi connectivity index (χ4v) is 2.00. The Balaban J connectivity index is 0.000000296. The van der Waals surface area contributed by atoms with E-state index >= 15 is 0 Å². The minimum absolute atomic E-state index is 0.147. The molecule has 0 atom stereocenters. The quantitative estimate of drug-likeness (QED) is 0.405. The number of phenolic OH excluding ortho intramolecular Hbond substituents is 1. The lowest BCUT2D eigenvalue weighted by molar-refractivity contribution is -0.404. The largest absolute Gasteiger partial charge is 0.497 e. The normalized spacial score (nSPS) is 9.69. The van der Waals surface area contributed by atoms with Gasteiger partial charge in [0, 0.05) is 18.8 Å². The summed E-state index contributed by atoms with van der Waals surface area (Å²) in [5.41, 5.74) is -1.94. The van der Waals surface area contributed by atoms with Crippen LogP contribution < -0.4 is 0 Å². The van der Waals surface area contributed by atoms with Gasteiger partial charge in [-0.1, -0.05) is 6.07 Å². The monoisotopic (exact) mass is 408 g/mol. The highest BCUT2D eigenvalue weighted by atomic mass is 16.6. The highest BCUT2D eigenvalue weighted by Gasteiger charge is 2.30. The lowest BCUT2D eigenvalue weighted by Gasteiger charge is -2.00. The van der Waals surface area contributed by atoms with Gasteiger partial charge in [0.15, 0.2) is 0 Å². The molecule has 2 aromatic rings. The first-order valence-corrected chi connectivity index (χ1v) is 8.02. The fourth-order valence-electron chi connectivity index (χ4n) is 2.00. The van der Waals surface area contributed by atoms with Crippen LogP contribution in [0.3, 0.4) is 0 Å². The predicted octanol–water partition coefficient (Wildman–Crippen LogP) is 2.69. The number of pyridine rings is 1. The number of carbonyl (C=O) groups is 1. The van der Waals surface area contributed by atoms with Crippen molar-refractivity contribution in [1.82, 2.24) is 4.98 Å². The number of hydrogen-bond acceptors (Lipinski definition) is 10. The zero-order valence-corrected chi connectivity index (χ0v) is 15.1. The van der Waals surface area contributed by atoms with Gasteiger partial charge in [0.2, 0.25) is 0 Å². The number of hydrogen-bond donors (Lipinski definition) is 1. The van der Waals surface area contributed by atoms with Crippen LogP contribution in [0.2, 0.25) is 0 Å². The van der Waals surface area contributed by atoms with Crippen molar-refractivity contribution in [3.63, 3.8) is 0 Å². The molecule has 154 valence electrons. The van der Waals surface area contributed by atoms with Gasteiger partial charge in [-0.25, -0.2) is 0 Å². The number of phenols is 1. The van der Waals surface area contributed by atoms with Gasteiger partial charge in [-0.2, -0.15) is 0 Å². The van der Waals surface area contributed by atoms with Gasteiger partial charge >= 0.3 is 17.3 Å². The van der Waals surface area contributed by atoms with Crippen molar-refractivity contribution >= 4 is 23.0 Å². The molecular weight excluding hydrogens is 392 g/mol. The van der Waals surface area contributed by atoms with Crippen molar-refractivity contribution in [2.24, 2.45) is 0 Å². The summed E-state index contributed by atoms with van der Waals surface area (Å²) in [6.45, 7) is 2.26. The molecule has 0 aliphatic rings. The first-order chi connectivity index (χ1) is 13.7. The molecule has 13 heteroatoms. The Morgan fingerprint density at radius 2 is 1.69 bits per heavy atom. The SMILES string of the molecule is CCOC(=O)CCc1cccnc1.O=[N+]([O-])c1cc([N+](=O)[O-])c(O)c([N+](=O)[O-])c1. The van der Waals surface area contributed by atoms with E-state index in [9.17, 15) is 35.1 Å². The highest BCUT2D eigenvalue weighted by Crippen LogP contribution is 2.38. The third-order valence-electron chi connectivity index (χ3n) is 3.30. The Morgan fingerprint density at radius 3 is 2.10 bits per heavy atom. The second kappa shape index (κ2) is 10.9. The van der Waals surface area contributed by atoms with Crippen molar-refractivity contribution in [3.8, 4) is 5.75 Å². The minimum atomic E-state index is -1.21. The maximum Gasteiger partial charge on any atom is 0.324 e. The number of rotatable bonds is 7. The standard InChI is InChI=1S/C10H13NO2.C6H3N3O7/c1-2-13-10(12)6-5-9-4-3-7-11-8-9;10-6-4(8(13)14)1-3(7(11)12)2-5(6)9(15)16/h3-4,7-8H,2,5-6H2,1H3;1-2,10H. The molecule has 0 radical (unpaired) electrons. The van der Waals surface area contributed by atoms with Crippen LogP contribution in [0.5, 0.6) is 5.75 Å². The first-order valence-electron chi connectivity index (χ1n) is 8.02. The van der Waals surface area contributed by atoms with E-state index in [0.717, 1.165) is 5.56 Å². The molecule has 0 fully saturated rings. The van der Waals surface area contributed by atoms with Crippen LogP contribution in [0.1, 0.15) is 18.9 Å². The number of aromatic hydroxyl groups is 1. The number of nitrogens with zero attached hydrogens (tertiary/aromatic N) is 4. The third kappa shape index (κ3) is 7.16. The fraction of sp³-hybridized carbons (Fsp3) is 0.250. The van der Waals surface area contributed by atoms with E-state index in [1.54, 1.807) is 12.4 Å². The van der Waals surface area contributed by atoms with E-state index in [-0.39, 0.29) is 5.97 Å². The Labute approximate surface area is 163 Å². The topological polar surface area (TPSA) is 189 Å². The maximum atomic E-state index is 11.0. The van der Waals surface area contributed by atoms with Crippen LogP contribution in [0.4, 0.5) is 17.1 Å². The molecule has 0 spiro atoms. The zero-order valence-electron chi connectivity index (χ0n) is 15.1. The van der Waals surface area contributed by atoms with Crippen LogP contribution in [-0.4, -0.2) is 37.4 Å². The van der Waals surface area contributed by atoms with Crippen LogP contribution in [0.15, 0.2) is 36.7 Å². The molecule has 0 bridgehead atoms. The minimum Gasteiger partial charge on any atom is -0.497 e. The second-order valence-electron chi connectivity index (χ2n) is 5.27. The molecule has 0 amide bonds. The average Bonchev–Trinajstić information content (AvgIpc) is 2.67. The van der Waals surface area contributed by atoms with Gasteiger partial charge in [0.05, 0.1) is 33.5 Å². The lowest BCUT2D eigenvalue weighted by atomic mass is 10.2. The van der Waals surface area contributed by atoms with Crippen LogP contribution in [-0.2, 0) is 16.0 Å². The molecule has 1 N–H and O–H groups in total. The second-order valence-corrected chi connectivity index (χ2v) is 5.27. The van der Waals surface area contributed by atoms with Crippen molar-refractivity contribution in [3.05, 3.63) is 72.6 Å². The molecule has 0 saturated heterocycles. The number of benzene rings is 1. The number of nitro benzene ring substituents is 3. The molecule has 0 aliphatic carbocycles. The molecule has 2 rings (SSSR count). The van der Waals surface area contributed by atoms with Crippen LogP contribution in [0.25, 0.3) is 0 Å². The van der Waals surface area contributed by atoms with E-state index in [1.165, 1.54) is 0 Å². The number of esters is 1. The molecule has 0 aliphatic heterocycles. The first kappa shape index (κ1) is 22.9. The van der Waals surface area contributed by atoms with Crippen LogP contribution in [0, 0.1) is 30.3 Å². The van der Waals surface area contributed by atoms with Crippen molar-refractivity contribution in [1.29, 1.82) is 0 Å². The summed E-state index contributed by atoms with van der Waals surface area (Å²) < 4.78 is 4.80. The number of aromatic nitrogens is 1. The molecule has 0 saturated carbocycles. The molecule has 1 aromatic heterocycles. The highest BCUT2D eigenvalue weighted by molar-refractivity contribution is 5.69. The summed E-state index contributed by atoms with van der Waals surface area (Å²) in [7, 11) is 0. The van der Waals surface area contributed by atoms with Gasteiger partial charge in [-0.3, -0.25) is 40.1 Å². The van der Waals surface area contributed by atoms with Crippen molar-refractivity contribution < 1.29 is 29.4 Å². The number of non-ortho nitro benzene ring substituents is 1. The summed E-state index contributed by atoms with van der Waals surface area (Å²) in [4.78, 5) is 42.7. The summed E-state index contributed by atoms with van der Waals surface area (Å²) >= 11 is 0. The van der Waals surface area contributed by atoms with E-state index in [4.69, 9.17) is 9.84 Å². The van der Waals surface area contributed by atoms with Gasteiger partial charge in [0.1, 0.15) is 0 Å². The zero-order chi connectivity index (χ0) is 22.0. The Hall–Kier alpha value is -4.16. The van der Waals surface area contributed by atoms with E-state index < -0.39 is 37.6 Å². The molecule has 1 heterocycles. The smallest absolute Gasteiger partial charge is 0.324 e. The van der Waals surface area contributed by atoms with Crippen molar-refractivity contribution in [2.75, 3.05) is 6.61 Å². The third-order valence-corrected chi connectivity index (χ3v) is 3.30. The van der Waals surface area contributed by atoms with Gasteiger partial charge in [0.25, 0.3) is 11.4 Å². The summed E-state index contributed by atoms with van der Waals surface area (Å²) in [6, 6.07) is 4.71. The molecular formula is C16H16N4O9. The summed E-state index contributed by atoms with van der Waals surface area (Å²) in [5.74, 6) is -1.35. The Kier molecular flexibility index (Phi) is 8.57. The molecule has 0 unspecified atom stereocenters. The number of ether oxygens (including phenoxy) is 1. The Bertz CT molecular complexity index is 868. The maximum absolute atomic E-state index is 11.0.